The quantitative estimate of drug-likeness (QED) is 0.896. The van der Waals surface area contributed by atoms with Gasteiger partial charge in [0.05, 0.1) is 0 Å². The summed E-state index contributed by atoms with van der Waals surface area (Å²) in [6, 6.07) is 6.01. The van der Waals surface area contributed by atoms with Gasteiger partial charge in [0.1, 0.15) is 11.4 Å². The number of nitrogens with one attached hydrogen (secondary N) is 1. The SMILES string of the molecule is CC1(C)CSCC(Nc2ccc(F)cc2)(C(N)=O)C1. The van der Waals surface area contributed by atoms with Crippen molar-refractivity contribution in [3.63, 3.8) is 0 Å². The van der Waals surface area contributed by atoms with E-state index in [9.17, 15) is 9.18 Å². The molecule has 0 saturated carbocycles. The van der Waals surface area contributed by atoms with Gasteiger partial charge in [-0.15, -0.1) is 0 Å². The number of halogens is 1. The van der Waals surface area contributed by atoms with Gasteiger partial charge in [0.15, 0.2) is 0 Å². The molecule has 1 saturated heterocycles. The number of hydrogen-bond donors (Lipinski definition) is 2. The molecular formula is C14H19FN2OS. The number of primary amides is 1. The molecule has 0 aliphatic carbocycles. The van der Waals surface area contributed by atoms with Crippen molar-refractivity contribution in [1.82, 2.24) is 0 Å². The first-order valence-corrected chi connectivity index (χ1v) is 7.40. The Morgan fingerprint density at radius 3 is 2.47 bits per heavy atom. The van der Waals surface area contributed by atoms with Crippen LogP contribution in [0.25, 0.3) is 0 Å². The lowest BCUT2D eigenvalue weighted by atomic mass is 9.79. The maximum Gasteiger partial charge on any atom is 0.243 e. The first-order chi connectivity index (χ1) is 8.83. The molecular weight excluding hydrogens is 263 g/mol. The molecule has 0 spiro atoms. The average Bonchev–Trinajstić information content (AvgIpc) is 2.31. The van der Waals surface area contributed by atoms with Gasteiger partial charge < -0.3 is 11.1 Å². The van der Waals surface area contributed by atoms with Crippen molar-refractivity contribution in [1.29, 1.82) is 0 Å². The summed E-state index contributed by atoms with van der Waals surface area (Å²) in [5, 5.41) is 3.21. The minimum atomic E-state index is -0.760. The monoisotopic (exact) mass is 282 g/mol. The minimum absolute atomic E-state index is 0.0466. The highest BCUT2D eigenvalue weighted by atomic mass is 32.2. The fourth-order valence-electron chi connectivity index (χ4n) is 2.53. The van der Waals surface area contributed by atoms with Crippen molar-refractivity contribution < 1.29 is 9.18 Å². The summed E-state index contributed by atoms with van der Waals surface area (Å²) >= 11 is 1.72. The van der Waals surface area contributed by atoms with Crippen LogP contribution in [0.1, 0.15) is 20.3 Å². The molecule has 0 bridgehead atoms. The van der Waals surface area contributed by atoms with Crippen molar-refractivity contribution in [3.8, 4) is 0 Å². The Hall–Kier alpha value is -1.23. The van der Waals surface area contributed by atoms with Crippen molar-refractivity contribution in [3.05, 3.63) is 30.1 Å². The Morgan fingerprint density at radius 1 is 1.32 bits per heavy atom. The number of carbonyl (C=O) groups excluding carboxylic acids is 1. The van der Waals surface area contributed by atoms with E-state index in [0.29, 0.717) is 12.2 Å². The van der Waals surface area contributed by atoms with E-state index < -0.39 is 5.54 Å². The van der Waals surface area contributed by atoms with Gasteiger partial charge >= 0.3 is 0 Å². The summed E-state index contributed by atoms with van der Waals surface area (Å²) in [5.41, 5.74) is 5.62. The molecule has 0 aromatic heterocycles. The lowest BCUT2D eigenvalue weighted by molar-refractivity contribution is -0.122. The second-order valence-corrected chi connectivity index (χ2v) is 6.90. The van der Waals surface area contributed by atoms with Crippen molar-refractivity contribution >= 4 is 23.4 Å². The molecule has 0 radical (unpaired) electrons. The van der Waals surface area contributed by atoms with E-state index in [4.69, 9.17) is 5.73 Å². The van der Waals surface area contributed by atoms with Crippen LogP contribution < -0.4 is 11.1 Å². The van der Waals surface area contributed by atoms with Crippen LogP contribution in [-0.2, 0) is 4.79 Å². The number of carbonyl (C=O) groups is 1. The first kappa shape index (κ1) is 14.2. The Balaban J connectivity index is 2.25. The van der Waals surface area contributed by atoms with Gasteiger partial charge in [-0.05, 0) is 41.9 Å². The number of benzene rings is 1. The second kappa shape index (κ2) is 5.04. The lowest BCUT2D eigenvalue weighted by Gasteiger charge is -2.43. The zero-order valence-corrected chi connectivity index (χ0v) is 12.0. The van der Waals surface area contributed by atoms with Crippen LogP contribution in [0.2, 0.25) is 0 Å². The van der Waals surface area contributed by atoms with Crippen LogP contribution in [0, 0.1) is 11.2 Å². The Labute approximate surface area is 117 Å². The predicted molar refractivity (Wildman–Crippen MR) is 77.7 cm³/mol. The largest absolute Gasteiger partial charge is 0.371 e. The van der Waals surface area contributed by atoms with Crippen LogP contribution in [0.3, 0.4) is 0 Å². The fraction of sp³-hybridized carbons (Fsp3) is 0.500. The van der Waals surface area contributed by atoms with Gasteiger partial charge in [0, 0.05) is 11.4 Å². The van der Waals surface area contributed by atoms with Gasteiger partial charge in [-0.2, -0.15) is 11.8 Å². The third kappa shape index (κ3) is 3.21. The highest BCUT2D eigenvalue weighted by molar-refractivity contribution is 7.99. The molecule has 1 heterocycles. The number of amides is 1. The molecule has 3 nitrogen and oxygen atoms in total. The number of thioether (sulfide) groups is 1. The van der Waals surface area contributed by atoms with Gasteiger partial charge in [-0.3, -0.25) is 4.79 Å². The summed E-state index contributed by atoms with van der Waals surface area (Å²) < 4.78 is 12.9. The Morgan fingerprint density at radius 2 is 1.95 bits per heavy atom. The molecule has 5 heteroatoms. The van der Waals surface area contributed by atoms with Crippen LogP contribution in [0.15, 0.2) is 24.3 Å². The lowest BCUT2D eigenvalue weighted by Crippen LogP contribution is -2.57. The summed E-state index contributed by atoms with van der Waals surface area (Å²) in [6.45, 7) is 4.26. The molecule has 1 aromatic carbocycles. The van der Waals surface area contributed by atoms with Gasteiger partial charge in [0.2, 0.25) is 5.91 Å². The summed E-state index contributed by atoms with van der Waals surface area (Å²) in [4.78, 5) is 11.9. The van der Waals surface area contributed by atoms with Crippen LogP contribution in [0.4, 0.5) is 10.1 Å². The van der Waals surface area contributed by atoms with Crippen LogP contribution in [0.5, 0.6) is 0 Å². The molecule has 1 fully saturated rings. The standard InChI is InChI=1S/C14H19FN2OS/c1-13(2)7-14(12(16)18,9-19-8-13)17-11-5-3-10(15)4-6-11/h3-6,17H,7-9H2,1-2H3,(H2,16,18). The number of hydrogen-bond acceptors (Lipinski definition) is 3. The van der Waals surface area contributed by atoms with E-state index in [-0.39, 0.29) is 17.1 Å². The third-order valence-corrected chi connectivity index (χ3v) is 5.00. The van der Waals surface area contributed by atoms with Crippen molar-refractivity contribution in [2.75, 3.05) is 16.8 Å². The van der Waals surface area contributed by atoms with E-state index in [1.807, 2.05) is 0 Å². The topological polar surface area (TPSA) is 55.1 Å². The highest BCUT2D eigenvalue weighted by Gasteiger charge is 2.45. The highest BCUT2D eigenvalue weighted by Crippen LogP contribution is 2.40. The predicted octanol–water partition coefficient (Wildman–Crippen LogP) is 2.62. The van der Waals surface area contributed by atoms with Crippen molar-refractivity contribution in [2.45, 2.75) is 25.8 Å². The Kier molecular flexibility index (Phi) is 3.76. The van der Waals surface area contributed by atoms with E-state index in [0.717, 1.165) is 11.4 Å². The molecule has 19 heavy (non-hydrogen) atoms. The molecule has 1 aliphatic heterocycles. The van der Waals surface area contributed by atoms with Gasteiger partial charge in [-0.1, -0.05) is 13.8 Å². The zero-order chi connectivity index (χ0) is 14.1. The molecule has 1 aliphatic rings. The summed E-state index contributed by atoms with van der Waals surface area (Å²) in [5.74, 6) is 1.00. The van der Waals surface area contributed by atoms with Crippen LogP contribution >= 0.6 is 11.8 Å². The molecule has 1 amide bonds. The zero-order valence-electron chi connectivity index (χ0n) is 11.2. The van der Waals surface area contributed by atoms with E-state index in [2.05, 4.69) is 19.2 Å². The maximum atomic E-state index is 12.9. The smallest absolute Gasteiger partial charge is 0.243 e. The molecule has 1 unspecified atom stereocenters. The van der Waals surface area contributed by atoms with Crippen molar-refractivity contribution in [2.24, 2.45) is 11.1 Å². The molecule has 104 valence electrons. The van der Waals surface area contributed by atoms with E-state index in [1.165, 1.54) is 12.1 Å². The molecule has 1 aromatic rings. The second-order valence-electron chi connectivity index (χ2n) is 5.91. The number of anilines is 1. The van der Waals surface area contributed by atoms with Gasteiger partial charge in [-0.25, -0.2) is 4.39 Å². The summed E-state index contributed by atoms with van der Waals surface area (Å²) in [6.07, 6.45) is 0.680. The number of nitrogens with two attached hydrogens (primary N) is 1. The van der Waals surface area contributed by atoms with E-state index in [1.54, 1.807) is 23.9 Å². The molecule has 2 rings (SSSR count). The molecule has 3 N–H and O–H groups in total. The normalized spacial score (nSPS) is 25.8. The minimum Gasteiger partial charge on any atom is -0.371 e. The van der Waals surface area contributed by atoms with Gasteiger partial charge in [0.25, 0.3) is 0 Å². The maximum absolute atomic E-state index is 12.9. The third-order valence-electron chi connectivity index (χ3n) is 3.32. The van der Waals surface area contributed by atoms with Crippen LogP contribution in [-0.4, -0.2) is 23.0 Å². The molecule has 1 atom stereocenters. The fourth-order valence-corrected chi connectivity index (χ4v) is 3.95. The Bertz CT molecular complexity index is 475. The average molecular weight is 282 g/mol. The van der Waals surface area contributed by atoms with E-state index >= 15 is 0 Å². The first-order valence-electron chi connectivity index (χ1n) is 6.24. The summed E-state index contributed by atoms with van der Waals surface area (Å²) in [7, 11) is 0. The number of rotatable bonds is 3.